The van der Waals surface area contributed by atoms with Crippen molar-refractivity contribution in [1.82, 2.24) is 0 Å². The molecule has 2 nitrogen and oxygen atoms in total. The van der Waals surface area contributed by atoms with Gasteiger partial charge in [-0.15, -0.1) is 0 Å². The van der Waals surface area contributed by atoms with Crippen molar-refractivity contribution in [3.05, 3.63) is 0 Å². The lowest BCUT2D eigenvalue weighted by Gasteiger charge is -2.29. The molecule has 0 aromatic carbocycles. The maximum Gasteiger partial charge on any atom is 0.0930 e. The fourth-order valence-electron chi connectivity index (χ4n) is 2.10. The molecule has 17 heavy (non-hydrogen) atoms. The first-order chi connectivity index (χ1) is 7.02. The van der Waals surface area contributed by atoms with Gasteiger partial charge in [0.1, 0.15) is 0 Å². The molecule has 2 N–H and O–H groups in total. The first-order valence-corrected chi connectivity index (χ1v) is 8.64. The summed E-state index contributed by atoms with van der Waals surface area (Å²) in [6, 6.07) is 0. The number of hydrogen-bond acceptors (Lipinski definition) is 1. The molecule has 0 radical (unpaired) electrons. The maximum atomic E-state index is 13.0. The van der Waals surface area contributed by atoms with Gasteiger partial charge in [0.15, 0.2) is 0 Å². The third kappa shape index (κ3) is 6.94. The van der Waals surface area contributed by atoms with E-state index in [1.54, 1.807) is 0 Å². The van der Waals surface area contributed by atoms with Gasteiger partial charge in [-0.3, -0.25) is 0 Å². The highest BCUT2D eigenvalue weighted by atomic mass is 31.2. The quantitative estimate of drug-likeness (QED) is 0.482. The van der Waals surface area contributed by atoms with Gasteiger partial charge in [0, 0.05) is 17.5 Å². The van der Waals surface area contributed by atoms with Crippen LogP contribution in [-0.2, 0) is 4.57 Å². The first kappa shape index (κ1) is 22.8. The molecule has 0 aliphatic heterocycles. The van der Waals surface area contributed by atoms with E-state index in [1.807, 2.05) is 0 Å². The summed E-state index contributed by atoms with van der Waals surface area (Å²) in [5.74, 6) is 0. The molecule has 0 saturated heterocycles. The Morgan fingerprint density at radius 3 is 1.65 bits per heavy atom. The second-order valence-corrected chi connectivity index (χ2v) is 8.72. The van der Waals surface area contributed by atoms with Crippen LogP contribution >= 0.6 is 17.0 Å². The van der Waals surface area contributed by atoms with Crippen LogP contribution in [0, 0.1) is 0 Å². The van der Waals surface area contributed by atoms with Crippen molar-refractivity contribution in [3.8, 4) is 0 Å². The highest BCUT2D eigenvalue weighted by Gasteiger charge is 2.32. The van der Waals surface area contributed by atoms with Crippen molar-refractivity contribution in [2.24, 2.45) is 0 Å². The van der Waals surface area contributed by atoms with Gasteiger partial charge in [-0.2, -0.15) is 9.90 Å². The van der Waals surface area contributed by atoms with E-state index in [4.69, 9.17) is 0 Å². The van der Waals surface area contributed by atoms with Crippen LogP contribution in [0.4, 0.5) is 0 Å². The SMILES string of the molecule is CCCCCP(=O)(C(C)CC)C(C)CC.O.P. The lowest BCUT2D eigenvalue weighted by atomic mass is 10.3. The lowest BCUT2D eigenvalue weighted by molar-refractivity contribution is 0.548. The van der Waals surface area contributed by atoms with Crippen LogP contribution in [0.5, 0.6) is 0 Å². The number of rotatable bonds is 8. The average Bonchev–Trinajstić information content (AvgIpc) is 2.26. The van der Waals surface area contributed by atoms with E-state index in [0.717, 1.165) is 25.4 Å². The molecule has 4 heteroatoms. The molecule has 0 saturated carbocycles. The predicted molar refractivity (Wildman–Crippen MR) is 86.2 cm³/mol. The Morgan fingerprint density at radius 2 is 1.35 bits per heavy atom. The van der Waals surface area contributed by atoms with Crippen LogP contribution < -0.4 is 0 Å². The molecular formula is C13H34O2P2. The van der Waals surface area contributed by atoms with Crippen molar-refractivity contribution in [1.29, 1.82) is 0 Å². The lowest BCUT2D eigenvalue weighted by Crippen LogP contribution is -2.15. The molecule has 0 bridgehead atoms. The molecule has 3 unspecified atom stereocenters. The van der Waals surface area contributed by atoms with Crippen LogP contribution in [0.3, 0.4) is 0 Å². The van der Waals surface area contributed by atoms with Crippen LogP contribution in [0.1, 0.15) is 66.7 Å². The zero-order valence-electron chi connectivity index (χ0n) is 12.5. The van der Waals surface area contributed by atoms with Gasteiger partial charge < -0.3 is 10.0 Å². The minimum atomic E-state index is -1.93. The van der Waals surface area contributed by atoms with Crippen LogP contribution in [0.2, 0.25) is 0 Å². The summed E-state index contributed by atoms with van der Waals surface area (Å²) >= 11 is 0. The summed E-state index contributed by atoms with van der Waals surface area (Å²) in [5.41, 5.74) is 0.841. The molecule has 0 heterocycles. The number of unbranched alkanes of at least 4 members (excludes halogenated alkanes) is 2. The second-order valence-electron chi connectivity index (χ2n) is 4.80. The molecule has 108 valence electrons. The molecule has 0 spiro atoms. The van der Waals surface area contributed by atoms with Crippen molar-refractivity contribution >= 4 is 17.0 Å². The Morgan fingerprint density at radius 1 is 0.941 bits per heavy atom. The Balaban J connectivity index is -0.000000980. The van der Waals surface area contributed by atoms with Crippen LogP contribution in [0.15, 0.2) is 0 Å². The average molecular weight is 284 g/mol. The van der Waals surface area contributed by atoms with Gasteiger partial charge in [0.05, 0.1) is 7.14 Å². The molecule has 0 aliphatic carbocycles. The Hall–Kier alpha value is 0.620. The summed E-state index contributed by atoms with van der Waals surface area (Å²) in [6.07, 6.45) is 6.71. The summed E-state index contributed by atoms with van der Waals surface area (Å²) in [7, 11) is -1.93. The summed E-state index contributed by atoms with van der Waals surface area (Å²) in [4.78, 5) is 0. The molecule has 0 fully saturated rings. The summed E-state index contributed by atoms with van der Waals surface area (Å²) in [6.45, 7) is 10.9. The van der Waals surface area contributed by atoms with Crippen molar-refractivity contribution < 1.29 is 10.0 Å². The first-order valence-electron chi connectivity index (χ1n) is 6.61. The topological polar surface area (TPSA) is 48.6 Å². The van der Waals surface area contributed by atoms with Gasteiger partial charge in [-0.1, -0.05) is 47.5 Å². The summed E-state index contributed by atoms with van der Waals surface area (Å²) in [5, 5.41) is 0. The molecule has 0 aliphatic rings. The third-order valence-corrected chi connectivity index (χ3v) is 8.51. The van der Waals surface area contributed by atoms with E-state index < -0.39 is 7.14 Å². The minimum Gasteiger partial charge on any atom is -0.412 e. The van der Waals surface area contributed by atoms with Crippen molar-refractivity contribution in [2.75, 3.05) is 6.16 Å². The van der Waals surface area contributed by atoms with Gasteiger partial charge in [-0.05, 0) is 19.3 Å². The van der Waals surface area contributed by atoms with Gasteiger partial charge >= 0.3 is 0 Å². The molecule has 0 aromatic heterocycles. The molecule has 0 aromatic rings. The standard InChI is InChI=1S/C13H29OP.H2O.H3P/c1-6-9-10-11-15(14,12(4)7-2)13(5)8-3;;/h12-13H,6-11H2,1-5H3;1H2;1H3. The zero-order valence-corrected chi connectivity index (χ0v) is 14.8. The molecule has 0 rings (SSSR count). The fraction of sp³-hybridized carbons (Fsp3) is 1.00. The Kier molecular flexibility index (Phi) is 15.7. The van der Waals surface area contributed by atoms with Gasteiger partial charge in [0.25, 0.3) is 0 Å². The van der Waals surface area contributed by atoms with Crippen molar-refractivity contribution in [3.63, 3.8) is 0 Å². The van der Waals surface area contributed by atoms with E-state index >= 15 is 0 Å². The maximum absolute atomic E-state index is 13.0. The molecule has 0 amide bonds. The predicted octanol–water partition coefficient (Wildman–Crippen LogP) is 4.37. The summed E-state index contributed by atoms with van der Waals surface area (Å²) < 4.78 is 13.0. The minimum absolute atomic E-state index is 0. The molecule has 3 atom stereocenters. The van der Waals surface area contributed by atoms with E-state index in [-0.39, 0.29) is 15.4 Å². The van der Waals surface area contributed by atoms with E-state index in [1.165, 1.54) is 12.8 Å². The van der Waals surface area contributed by atoms with Gasteiger partial charge in [0.2, 0.25) is 0 Å². The monoisotopic (exact) mass is 284 g/mol. The highest BCUT2D eigenvalue weighted by molar-refractivity contribution is 7.65. The fourth-order valence-corrected chi connectivity index (χ4v) is 5.81. The van der Waals surface area contributed by atoms with E-state index in [0.29, 0.717) is 11.3 Å². The largest absolute Gasteiger partial charge is 0.412 e. The second kappa shape index (κ2) is 11.7. The zero-order chi connectivity index (χ0) is 11.9. The molecular weight excluding hydrogens is 250 g/mol. The van der Waals surface area contributed by atoms with Crippen LogP contribution in [0.25, 0.3) is 0 Å². The Bertz CT molecular complexity index is 194. The van der Waals surface area contributed by atoms with Crippen molar-refractivity contribution in [2.45, 2.75) is 78.0 Å². The van der Waals surface area contributed by atoms with Gasteiger partial charge in [-0.25, -0.2) is 0 Å². The van der Waals surface area contributed by atoms with Crippen LogP contribution in [-0.4, -0.2) is 23.0 Å². The third-order valence-electron chi connectivity index (χ3n) is 3.78. The smallest absolute Gasteiger partial charge is 0.0930 e. The number of hydrogen-bond donors (Lipinski definition) is 0. The Labute approximate surface area is 112 Å². The van der Waals surface area contributed by atoms with E-state index in [2.05, 4.69) is 34.6 Å². The highest BCUT2D eigenvalue weighted by Crippen LogP contribution is 2.57. The van der Waals surface area contributed by atoms with E-state index in [9.17, 15) is 4.57 Å². The normalized spacial score (nSPS) is 17.2.